The first-order valence-corrected chi connectivity index (χ1v) is 7.86. The van der Waals surface area contributed by atoms with E-state index >= 15 is 0 Å². The Bertz CT molecular complexity index is 539. The lowest BCUT2D eigenvalue weighted by Gasteiger charge is -2.27. The first-order valence-electron chi connectivity index (χ1n) is 5.46. The standard InChI is InChI=1S/C11H10Br2N2O3S/c1-15-8(16)3-2-6(11(15)18)14-10(17)7-4-5(12)9(13)19-7/h4,6H,2-3H2,1H3,(H,14,17). The highest BCUT2D eigenvalue weighted by Crippen LogP contribution is 2.32. The summed E-state index contributed by atoms with van der Waals surface area (Å²) in [6.07, 6.45) is 0.618. The van der Waals surface area contributed by atoms with Crippen molar-refractivity contribution < 1.29 is 14.4 Å². The summed E-state index contributed by atoms with van der Waals surface area (Å²) >= 11 is 7.89. The van der Waals surface area contributed by atoms with Gasteiger partial charge in [-0.05, 0) is 44.3 Å². The molecule has 1 saturated heterocycles. The van der Waals surface area contributed by atoms with E-state index in [0.29, 0.717) is 11.3 Å². The van der Waals surface area contributed by atoms with Gasteiger partial charge in [0.05, 0.1) is 8.66 Å². The van der Waals surface area contributed by atoms with Crippen LogP contribution in [0.2, 0.25) is 0 Å². The van der Waals surface area contributed by atoms with Crippen LogP contribution in [-0.2, 0) is 9.59 Å². The zero-order chi connectivity index (χ0) is 14.2. The van der Waals surface area contributed by atoms with Gasteiger partial charge in [0, 0.05) is 17.9 Å². The Morgan fingerprint density at radius 1 is 1.47 bits per heavy atom. The third-order valence-corrected chi connectivity index (χ3v) is 6.08. The molecule has 3 amide bonds. The van der Waals surface area contributed by atoms with Crippen molar-refractivity contribution in [1.82, 2.24) is 10.2 Å². The molecule has 1 aromatic rings. The van der Waals surface area contributed by atoms with Crippen molar-refractivity contribution in [2.45, 2.75) is 18.9 Å². The van der Waals surface area contributed by atoms with Crippen LogP contribution in [0.5, 0.6) is 0 Å². The molecule has 1 aliphatic heterocycles. The number of carbonyl (C=O) groups is 3. The van der Waals surface area contributed by atoms with Gasteiger partial charge in [0.25, 0.3) is 11.8 Å². The molecule has 5 nitrogen and oxygen atoms in total. The van der Waals surface area contributed by atoms with E-state index in [1.165, 1.54) is 18.4 Å². The van der Waals surface area contributed by atoms with Crippen LogP contribution in [0.25, 0.3) is 0 Å². The number of carbonyl (C=O) groups excluding carboxylic acids is 3. The molecule has 2 rings (SSSR count). The zero-order valence-corrected chi connectivity index (χ0v) is 13.9. The second kappa shape index (κ2) is 5.72. The maximum atomic E-state index is 12.0. The largest absolute Gasteiger partial charge is 0.340 e. The Labute approximate surface area is 130 Å². The average Bonchev–Trinajstić information content (AvgIpc) is 2.70. The summed E-state index contributed by atoms with van der Waals surface area (Å²) in [7, 11) is 1.43. The van der Waals surface area contributed by atoms with Crippen molar-refractivity contribution in [2.75, 3.05) is 7.05 Å². The number of halogens is 2. The molecule has 0 saturated carbocycles. The van der Waals surface area contributed by atoms with Gasteiger partial charge in [0.1, 0.15) is 6.04 Å². The molecule has 1 N–H and O–H groups in total. The van der Waals surface area contributed by atoms with Crippen LogP contribution < -0.4 is 5.32 Å². The molecule has 1 unspecified atom stereocenters. The molecule has 1 aliphatic rings. The molecule has 2 heterocycles. The highest BCUT2D eigenvalue weighted by atomic mass is 79.9. The number of piperidine rings is 1. The highest BCUT2D eigenvalue weighted by Gasteiger charge is 2.33. The maximum absolute atomic E-state index is 12.0. The molecule has 0 bridgehead atoms. The molecule has 0 aromatic carbocycles. The third kappa shape index (κ3) is 3.06. The van der Waals surface area contributed by atoms with Crippen LogP contribution >= 0.6 is 43.2 Å². The monoisotopic (exact) mass is 408 g/mol. The second-order valence-corrected chi connectivity index (χ2v) is 7.31. The fourth-order valence-electron chi connectivity index (χ4n) is 1.74. The Kier molecular flexibility index (Phi) is 4.42. The van der Waals surface area contributed by atoms with Gasteiger partial charge in [-0.2, -0.15) is 0 Å². The van der Waals surface area contributed by atoms with Gasteiger partial charge in [0.2, 0.25) is 5.91 Å². The van der Waals surface area contributed by atoms with E-state index in [1.54, 1.807) is 6.07 Å². The minimum atomic E-state index is -0.630. The molecule has 0 aliphatic carbocycles. The Balaban J connectivity index is 2.07. The van der Waals surface area contributed by atoms with Crippen molar-refractivity contribution in [2.24, 2.45) is 0 Å². The number of nitrogens with zero attached hydrogens (tertiary/aromatic N) is 1. The van der Waals surface area contributed by atoms with Crippen LogP contribution in [-0.4, -0.2) is 35.7 Å². The van der Waals surface area contributed by atoms with Gasteiger partial charge in [-0.25, -0.2) is 0 Å². The summed E-state index contributed by atoms with van der Waals surface area (Å²) in [5.74, 6) is -0.881. The molecular weight excluding hydrogens is 400 g/mol. The van der Waals surface area contributed by atoms with Crippen LogP contribution in [0, 0.1) is 0 Å². The smallest absolute Gasteiger partial charge is 0.262 e. The van der Waals surface area contributed by atoms with Crippen molar-refractivity contribution in [1.29, 1.82) is 0 Å². The Morgan fingerprint density at radius 3 is 2.74 bits per heavy atom. The maximum Gasteiger partial charge on any atom is 0.262 e. The van der Waals surface area contributed by atoms with Crippen molar-refractivity contribution in [3.8, 4) is 0 Å². The molecule has 19 heavy (non-hydrogen) atoms. The number of likely N-dealkylation sites (tertiary alicyclic amines) is 1. The van der Waals surface area contributed by atoms with E-state index in [2.05, 4.69) is 37.2 Å². The molecule has 102 valence electrons. The predicted molar refractivity (Wildman–Crippen MR) is 78.0 cm³/mol. The highest BCUT2D eigenvalue weighted by molar-refractivity contribution is 9.13. The fourth-order valence-corrected chi connectivity index (χ4v) is 3.68. The Hall–Kier alpha value is -0.730. The van der Waals surface area contributed by atoms with Gasteiger partial charge in [0.15, 0.2) is 0 Å². The summed E-state index contributed by atoms with van der Waals surface area (Å²) in [4.78, 5) is 36.8. The van der Waals surface area contributed by atoms with Gasteiger partial charge < -0.3 is 5.32 Å². The number of rotatable bonds is 2. The quantitative estimate of drug-likeness (QED) is 0.761. The minimum Gasteiger partial charge on any atom is -0.340 e. The van der Waals surface area contributed by atoms with Crippen LogP contribution in [0.15, 0.2) is 14.3 Å². The molecule has 1 aromatic heterocycles. The number of hydrogen-bond acceptors (Lipinski definition) is 4. The number of likely N-dealkylation sites (N-methyl/N-ethyl adjacent to an activating group) is 1. The van der Waals surface area contributed by atoms with Crippen LogP contribution in [0.1, 0.15) is 22.5 Å². The van der Waals surface area contributed by atoms with E-state index in [1.807, 2.05) is 0 Å². The van der Waals surface area contributed by atoms with Crippen LogP contribution in [0.4, 0.5) is 0 Å². The van der Waals surface area contributed by atoms with Gasteiger partial charge in [-0.15, -0.1) is 11.3 Å². The SMILES string of the molecule is CN1C(=O)CCC(NC(=O)c2cc(Br)c(Br)s2)C1=O. The first-order chi connectivity index (χ1) is 8.90. The molecule has 1 atom stereocenters. The lowest BCUT2D eigenvalue weighted by molar-refractivity contribution is -0.147. The minimum absolute atomic E-state index is 0.211. The van der Waals surface area contributed by atoms with Gasteiger partial charge in [-0.3, -0.25) is 19.3 Å². The third-order valence-electron chi connectivity index (χ3n) is 2.82. The van der Waals surface area contributed by atoms with Gasteiger partial charge in [-0.1, -0.05) is 0 Å². The summed E-state index contributed by atoms with van der Waals surface area (Å²) in [5.41, 5.74) is 0. The predicted octanol–water partition coefficient (Wildman–Crippen LogP) is 2.15. The lowest BCUT2D eigenvalue weighted by atomic mass is 10.0. The molecule has 0 radical (unpaired) electrons. The molecule has 1 fully saturated rings. The Morgan fingerprint density at radius 2 is 2.16 bits per heavy atom. The number of imide groups is 1. The van der Waals surface area contributed by atoms with Gasteiger partial charge >= 0.3 is 0 Å². The fraction of sp³-hybridized carbons (Fsp3) is 0.364. The zero-order valence-electron chi connectivity index (χ0n) is 9.91. The number of nitrogens with one attached hydrogen (secondary N) is 1. The van der Waals surface area contributed by atoms with E-state index in [-0.39, 0.29) is 24.1 Å². The van der Waals surface area contributed by atoms with Crippen LogP contribution in [0.3, 0.4) is 0 Å². The molecule has 0 spiro atoms. The van der Waals surface area contributed by atoms with Crippen molar-refractivity contribution >= 4 is 60.9 Å². The number of thiophene rings is 1. The van der Waals surface area contributed by atoms with E-state index in [9.17, 15) is 14.4 Å². The molecule has 8 heteroatoms. The second-order valence-electron chi connectivity index (χ2n) is 4.09. The van der Waals surface area contributed by atoms with E-state index in [0.717, 1.165) is 13.2 Å². The number of amides is 3. The average molecular weight is 410 g/mol. The van der Waals surface area contributed by atoms with Crippen molar-refractivity contribution in [3.63, 3.8) is 0 Å². The summed E-state index contributed by atoms with van der Waals surface area (Å²) in [6, 6.07) is 1.06. The van der Waals surface area contributed by atoms with E-state index in [4.69, 9.17) is 0 Å². The first kappa shape index (κ1) is 14.7. The summed E-state index contributed by atoms with van der Waals surface area (Å²) in [5, 5.41) is 2.66. The lowest BCUT2D eigenvalue weighted by Crippen LogP contribution is -2.52. The topological polar surface area (TPSA) is 66.5 Å². The number of hydrogen-bond donors (Lipinski definition) is 1. The molecular formula is C11H10Br2N2O3S. The summed E-state index contributed by atoms with van der Waals surface area (Å²) in [6.45, 7) is 0. The summed E-state index contributed by atoms with van der Waals surface area (Å²) < 4.78 is 1.62. The van der Waals surface area contributed by atoms with E-state index < -0.39 is 6.04 Å². The van der Waals surface area contributed by atoms with Crippen molar-refractivity contribution in [3.05, 3.63) is 19.2 Å². The normalized spacial score (nSPS) is 19.7.